The van der Waals surface area contributed by atoms with Gasteiger partial charge in [-0.3, -0.25) is 14.0 Å². The number of halogens is 1. The van der Waals surface area contributed by atoms with Crippen molar-refractivity contribution in [3.63, 3.8) is 0 Å². The van der Waals surface area contributed by atoms with E-state index in [1.54, 1.807) is 69.4 Å². The van der Waals surface area contributed by atoms with Crippen molar-refractivity contribution in [2.75, 3.05) is 6.54 Å². The third kappa shape index (κ3) is 5.42. The maximum atomic E-state index is 13.6. The van der Waals surface area contributed by atoms with Crippen molar-refractivity contribution >= 4 is 40.2 Å². The minimum atomic E-state index is -0.747. The highest BCUT2D eigenvalue weighted by Crippen LogP contribution is 2.34. The maximum Gasteiger partial charge on any atom is 0.419 e. The Balaban J connectivity index is 1.63. The van der Waals surface area contributed by atoms with Gasteiger partial charge in [-0.25, -0.2) is 14.3 Å². The van der Waals surface area contributed by atoms with Gasteiger partial charge in [-0.2, -0.15) is 0 Å². The van der Waals surface area contributed by atoms with Gasteiger partial charge in [0.25, 0.3) is 11.5 Å². The van der Waals surface area contributed by atoms with Crippen LogP contribution in [-0.4, -0.2) is 38.1 Å². The van der Waals surface area contributed by atoms with E-state index in [0.717, 1.165) is 10.9 Å². The molecular weight excluding hydrogens is 516 g/mol. The third-order valence-electron chi connectivity index (χ3n) is 6.14. The standard InChI is InChI=1S/C30H27ClN4O4/c1-30(2,3)39-29(38)35-24-9-5-4-8-21(24)22(15-16-32-28(37)19-11-13-20(31)14-12-19)27(35)23-18-26(36)34-17-7-6-10-25(34)33-23/h4-14,17-18H,15-16H2,1-3H3,(H,32,37). The number of nitrogens with zero attached hydrogens (tertiary/aromatic N) is 3. The van der Waals surface area contributed by atoms with Crippen LogP contribution in [-0.2, 0) is 11.2 Å². The SMILES string of the molecule is CC(C)(C)OC(=O)n1c(-c2cc(=O)n3ccccc3n2)c(CCNC(=O)c2ccc(Cl)cc2)c2ccccc21. The van der Waals surface area contributed by atoms with Gasteiger partial charge in [0.1, 0.15) is 11.2 Å². The van der Waals surface area contributed by atoms with E-state index in [2.05, 4.69) is 5.32 Å². The van der Waals surface area contributed by atoms with E-state index in [4.69, 9.17) is 21.3 Å². The number of nitrogens with one attached hydrogen (secondary N) is 1. The van der Waals surface area contributed by atoms with Crippen LogP contribution in [0, 0.1) is 0 Å². The number of benzene rings is 2. The van der Waals surface area contributed by atoms with Crippen LogP contribution >= 0.6 is 11.6 Å². The Morgan fingerprint density at radius 1 is 1.00 bits per heavy atom. The van der Waals surface area contributed by atoms with E-state index in [1.807, 2.05) is 24.3 Å². The van der Waals surface area contributed by atoms with Gasteiger partial charge in [-0.05, 0) is 75.2 Å². The first-order chi connectivity index (χ1) is 18.6. The minimum Gasteiger partial charge on any atom is -0.443 e. The van der Waals surface area contributed by atoms with Gasteiger partial charge < -0.3 is 10.1 Å². The van der Waals surface area contributed by atoms with Crippen molar-refractivity contribution in [3.8, 4) is 11.4 Å². The summed E-state index contributed by atoms with van der Waals surface area (Å²) < 4.78 is 8.68. The molecule has 198 valence electrons. The molecule has 0 aliphatic rings. The average molecular weight is 543 g/mol. The van der Waals surface area contributed by atoms with Crippen LogP contribution in [0.3, 0.4) is 0 Å². The first-order valence-electron chi connectivity index (χ1n) is 12.5. The van der Waals surface area contributed by atoms with Crippen molar-refractivity contribution in [1.82, 2.24) is 19.3 Å². The van der Waals surface area contributed by atoms with Gasteiger partial charge in [-0.1, -0.05) is 35.9 Å². The number of carbonyl (C=O) groups is 2. The highest BCUT2D eigenvalue weighted by Gasteiger charge is 2.27. The molecule has 3 heterocycles. The Bertz CT molecular complexity index is 1760. The summed E-state index contributed by atoms with van der Waals surface area (Å²) in [5.41, 5.74) is 2.09. The van der Waals surface area contributed by atoms with Crippen LogP contribution in [0.2, 0.25) is 5.02 Å². The van der Waals surface area contributed by atoms with Crippen molar-refractivity contribution < 1.29 is 14.3 Å². The number of amides is 1. The molecule has 0 saturated heterocycles. The number of hydrogen-bond acceptors (Lipinski definition) is 5. The fraction of sp³-hybridized carbons (Fsp3) is 0.200. The van der Waals surface area contributed by atoms with Gasteiger partial charge in [0.15, 0.2) is 0 Å². The molecule has 1 amide bonds. The molecular formula is C30H27ClN4O4. The van der Waals surface area contributed by atoms with Crippen LogP contribution < -0.4 is 10.9 Å². The number of fused-ring (bicyclic) bond motifs is 2. The largest absolute Gasteiger partial charge is 0.443 e. The lowest BCUT2D eigenvalue weighted by molar-refractivity contribution is 0.0546. The average Bonchev–Trinajstić information content (AvgIpc) is 3.22. The smallest absolute Gasteiger partial charge is 0.419 e. The van der Waals surface area contributed by atoms with Crippen LogP contribution in [0.4, 0.5) is 4.79 Å². The second-order valence-corrected chi connectivity index (χ2v) is 10.5. The summed E-state index contributed by atoms with van der Waals surface area (Å²) in [6.45, 7) is 5.67. The number of aromatic nitrogens is 3. The molecule has 0 aliphatic carbocycles. The van der Waals surface area contributed by atoms with E-state index >= 15 is 0 Å². The molecule has 5 rings (SSSR count). The summed E-state index contributed by atoms with van der Waals surface area (Å²) in [5, 5.41) is 4.28. The lowest BCUT2D eigenvalue weighted by Gasteiger charge is -2.21. The van der Waals surface area contributed by atoms with Crippen molar-refractivity contribution in [1.29, 1.82) is 0 Å². The minimum absolute atomic E-state index is 0.244. The fourth-order valence-corrected chi connectivity index (χ4v) is 4.63. The number of hydrogen-bond donors (Lipinski definition) is 1. The van der Waals surface area contributed by atoms with E-state index in [1.165, 1.54) is 15.0 Å². The summed E-state index contributed by atoms with van der Waals surface area (Å²) >= 11 is 5.95. The first kappa shape index (κ1) is 26.2. The molecule has 39 heavy (non-hydrogen) atoms. The van der Waals surface area contributed by atoms with Gasteiger partial charge in [-0.15, -0.1) is 0 Å². The Morgan fingerprint density at radius 2 is 1.72 bits per heavy atom. The number of ether oxygens (including phenoxy) is 1. The zero-order valence-corrected chi connectivity index (χ0v) is 22.5. The van der Waals surface area contributed by atoms with Crippen molar-refractivity contribution in [2.45, 2.75) is 32.8 Å². The highest BCUT2D eigenvalue weighted by molar-refractivity contribution is 6.30. The highest BCUT2D eigenvalue weighted by atomic mass is 35.5. The molecule has 3 aromatic heterocycles. The third-order valence-corrected chi connectivity index (χ3v) is 6.39. The van der Waals surface area contributed by atoms with Gasteiger partial charge >= 0.3 is 6.09 Å². The zero-order valence-electron chi connectivity index (χ0n) is 21.8. The lowest BCUT2D eigenvalue weighted by atomic mass is 10.1. The normalized spacial score (nSPS) is 11.6. The predicted molar refractivity (Wildman–Crippen MR) is 152 cm³/mol. The van der Waals surface area contributed by atoms with Crippen LogP contribution in [0.15, 0.2) is 83.8 Å². The second-order valence-electron chi connectivity index (χ2n) is 10.1. The fourth-order valence-electron chi connectivity index (χ4n) is 4.51. The molecule has 0 aliphatic heterocycles. The monoisotopic (exact) mass is 542 g/mol. The predicted octanol–water partition coefficient (Wildman–Crippen LogP) is 5.73. The molecule has 8 nitrogen and oxygen atoms in total. The van der Waals surface area contributed by atoms with E-state index in [9.17, 15) is 14.4 Å². The Hall–Kier alpha value is -4.43. The zero-order chi connectivity index (χ0) is 27.7. The topological polar surface area (TPSA) is 94.7 Å². The molecule has 0 fully saturated rings. The van der Waals surface area contributed by atoms with Crippen LogP contribution in [0.1, 0.15) is 36.7 Å². The first-order valence-corrected chi connectivity index (χ1v) is 12.9. The molecule has 2 aromatic carbocycles. The number of carbonyl (C=O) groups excluding carboxylic acids is 2. The Labute approximate surface area is 229 Å². The van der Waals surface area contributed by atoms with E-state index < -0.39 is 11.7 Å². The maximum absolute atomic E-state index is 13.6. The Morgan fingerprint density at radius 3 is 2.46 bits per heavy atom. The number of rotatable bonds is 5. The number of para-hydroxylation sites is 1. The van der Waals surface area contributed by atoms with Crippen molar-refractivity contribution in [3.05, 3.63) is 105 Å². The molecule has 5 aromatic rings. The summed E-state index contributed by atoms with van der Waals surface area (Å²) in [6, 6.07) is 20.8. The number of pyridine rings is 1. The molecule has 0 atom stereocenters. The van der Waals surface area contributed by atoms with E-state index in [0.29, 0.717) is 39.6 Å². The quantitative estimate of drug-likeness (QED) is 0.306. The molecule has 0 bridgehead atoms. The summed E-state index contributed by atoms with van der Waals surface area (Å²) in [6.07, 6.45) is 1.44. The van der Waals surface area contributed by atoms with Crippen molar-refractivity contribution in [2.24, 2.45) is 0 Å². The van der Waals surface area contributed by atoms with E-state index in [-0.39, 0.29) is 18.0 Å². The van der Waals surface area contributed by atoms with Gasteiger partial charge in [0, 0.05) is 34.8 Å². The molecule has 0 spiro atoms. The van der Waals surface area contributed by atoms with Crippen LogP contribution in [0.25, 0.3) is 27.9 Å². The molecule has 9 heteroatoms. The Kier molecular flexibility index (Phi) is 6.97. The summed E-state index contributed by atoms with van der Waals surface area (Å²) in [5.74, 6) is -0.244. The molecule has 0 unspecified atom stereocenters. The molecule has 0 saturated carbocycles. The summed E-state index contributed by atoms with van der Waals surface area (Å²) in [7, 11) is 0. The second kappa shape index (κ2) is 10.4. The van der Waals surface area contributed by atoms with Gasteiger partial charge in [0.2, 0.25) is 0 Å². The molecule has 1 N–H and O–H groups in total. The van der Waals surface area contributed by atoms with Crippen LogP contribution in [0.5, 0.6) is 0 Å². The lowest BCUT2D eigenvalue weighted by Crippen LogP contribution is -2.28. The summed E-state index contributed by atoms with van der Waals surface area (Å²) in [4.78, 5) is 44.1. The van der Waals surface area contributed by atoms with Gasteiger partial charge in [0.05, 0.1) is 16.9 Å². The molecule has 0 radical (unpaired) electrons.